The van der Waals surface area contributed by atoms with E-state index in [2.05, 4.69) is 10.2 Å². The molecule has 0 aliphatic rings. The number of rotatable bonds is 5. The summed E-state index contributed by atoms with van der Waals surface area (Å²) in [5.41, 5.74) is 0.972. The maximum absolute atomic E-state index is 10.6. The topological polar surface area (TPSA) is 87.0 Å². The van der Waals surface area contributed by atoms with Crippen molar-refractivity contribution in [2.24, 2.45) is 0 Å². The van der Waals surface area contributed by atoms with Crippen molar-refractivity contribution in [3.8, 4) is 5.69 Å². The molecule has 0 saturated carbocycles. The Balaban J connectivity index is 1.78. The van der Waals surface area contributed by atoms with Gasteiger partial charge < -0.3 is 4.42 Å². The van der Waals surface area contributed by atoms with Crippen LogP contribution < -0.4 is 0 Å². The van der Waals surface area contributed by atoms with Crippen molar-refractivity contribution < 1.29 is 9.34 Å². The molecule has 7 nitrogen and oxygen atoms in total. The van der Waals surface area contributed by atoms with Gasteiger partial charge in [-0.25, -0.2) is 0 Å². The number of nitro groups is 1. The molecule has 0 unspecified atom stereocenters. The van der Waals surface area contributed by atoms with E-state index in [1.165, 1.54) is 17.8 Å². The number of nitrogens with zero attached hydrogens (tertiary/aromatic N) is 4. The minimum Gasteiger partial charge on any atom is -0.401 e. The molecule has 2 aromatic heterocycles. The summed E-state index contributed by atoms with van der Waals surface area (Å²) in [6.07, 6.45) is 1.65. The van der Waals surface area contributed by atoms with E-state index in [0.29, 0.717) is 10.9 Å². The second-order valence-corrected chi connectivity index (χ2v) is 5.43. The lowest BCUT2D eigenvalue weighted by Crippen LogP contribution is -1.97. The van der Waals surface area contributed by atoms with Crippen LogP contribution in [0, 0.1) is 17.0 Å². The first kappa shape index (κ1) is 15.0. The monoisotopic (exact) mass is 328 g/mol. The van der Waals surface area contributed by atoms with Crippen molar-refractivity contribution in [3.63, 3.8) is 0 Å². The number of thioether (sulfide) groups is 1. The van der Waals surface area contributed by atoms with Crippen LogP contribution >= 0.6 is 11.8 Å². The second kappa shape index (κ2) is 6.49. The molecule has 23 heavy (non-hydrogen) atoms. The molecule has 0 atom stereocenters. The molecule has 2 heterocycles. The van der Waals surface area contributed by atoms with E-state index in [1.807, 2.05) is 41.8 Å². The lowest BCUT2D eigenvalue weighted by Gasteiger charge is -2.06. The molecule has 0 aliphatic carbocycles. The fraction of sp³-hybridized carbons (Fsp3) is 0.0667. The van der Waals surface area contributed by atoms with Gasteiger partial charge >= 0.3 is 5.88 Å². The van der Waals surface area contributed by atoms with Gasteiger partial charge in [-0.05, 0) is 36.6 Å². The molecule has 116 valence electrons. The quantitative estimate of drug-likeness (QED) is 0.402. The molecule has 0 bridgehead atoms. The smallest absolute Gasteiger partial charge is 0.401 e. The Morgan fingerprint density at radius 1 is 1.22 bits per heavy atom. The SMILES string of the molecule is Cc1nnc(S/C=C/c2ccc([N+](=O)[O-])o2)n1-c1ccccc1. The van der Waals surface area contributed by atoms with Crippen LogP contribution in [-0.4, -0.2) is 19.7 Å². The van der Waals surface area contributed by atoms with E-state index in [9.17, 15) is 10.1 Å². The summed E-state index contributed by atoms with van der Waals surface area (Å²) in [5.74, 6) is 0.908. The van der Waals surface area contributed by atoms with Crippen molar-refractivity contribution in [2.45, 2.75) is 12.1 Å². The molecule has 0 fully saturated rings. The fourth-order valence-corrected chi connectivity index (χ4v) is 2.74. The number of furan rings is 1. The van der Waals surface area contributed by atoms with Crippen LogP contribution in [0.25, 0.3) is 11.8 Å². The van der Waals surface area contributed by atoms with Gasteiger partial charge in [0.25, 0.3) is 0 Å². The van der Waals surface area contributed by atoms with Crippen molar-refractivity contribution in [1.29, 1.82) is 0 Å². The Morgan fingerprint density at radius 3 is 2.70 bits per heavy atom. The number of aromatic nitrogens is 3. The number of aryl methyl sites for hydroxylation is 1. The minimum absolute atomic E-state index is 0.280. The van der Waals surface area contributed by atoms with Crippen molar-refractivity contribution in [3.05, 3.63) is 69.6 Å². The third-order valence-electron chi connectivity index (χ3n) is 3.01. The third kappa shape index (κ3) is 3.32. The summed E-state index contributed by atoms with van der Waals surface area (Å²) in [6, 6.07) is 12.6. The first-order valence-electron chi connectivity index (χ1n) is 6.70. The van der Waals surface area contributed by atoms with Crippen LogP contribution in [0.5, 0.6) is 0 Å². The predicted octanol–water partition coefficient (Wildman–Crippen LogP) is 3.84. The van der Waals surface area contributed by atoms with Crippen molar-refractivity contribution >= 4 is 23.7 Å². The summed E-state index contributed by atoms with van der Waals surface area (Å²) >= 11 is 1.35. The summed E-state index contributed by atoms with van der Waals surface area (Å²) < 4.78 is 6.99. The molecule has 8 heteroatoms. The average Bonchev–Trinajstić information content (AvgIpc) is 3.16. The first-order chi connectivity index (χ1) is 11.1. The highest BCUT2D eigenvalue weighted by molar-refractivity contribution is 8.02. The van der Waals surface area contributed by atoms with E-state index in [-0.39, 0.29) is 5.88 Å². The summed E-state index contributed by atoms with van der Waals surface area (Å²) in [5, 5.41) is 21.3. The Bertz CT molecular complexity index is 855. The second-order valence-electron chi connectivity index (χ2n) is 4.55. The Labute approximate surface area is 135 Å². The van der Waals surface area contributed by atoms with Gasteiger partial charge in [0.15, 0.2) is 5.16 Å². The molecule has 3 aromatic rings. The van der Waals surface area contributed by atoms with Crippen LogP contribution in [0.2, 0.25) is 0 Å². The van der Waals surface area contributed by atoms with Crippen molar-refractivity contribution in [1.82, 2.24) is 14.8 Å². The first-order valence-corrected chi connectivity index (χ1v) is 7.58. The number of hydrogen-bond acceptors (Lipinski definition) is 6. The Hall–Kier alpha value is -2.87. The summed E-state index contributed by atoms with van der Waals surface area (Å²) in [7, 11) is 0. The molecule has 0 amide bonds. The normalized spacial score (nSPS) is 11.2. The predicted molar refractivity (Wildman–Crippen MR) is 86.3 cm³/mol. The summed E-state index contributed by atoms with van der Waals surface area (Å²) in [6.45, 7) is 1.88. The molecule has 0 saturated heterocycles. The van der Waals surface area contributed by atoms with Crippen LogP contribution in [0.3, 0.4) is 0 Å². The number of hydrogen-bond donors (Lipinski definition) is 0. The largest absolute Gasteiger partial charge is 0.433 e. The van der Waals surface area contributed by atoms with Gasteiger partial charge in [-0.3, -0.25) is 14.7 Å². The molecular weight excluding hydrogens is 316 g/mol. The molecule has 0 N–H and O–H groups in total. The maximum atomic E-state index is 10.6. The molecule has 1 aromatic carbocycles. The number of para-hydroxylation sites is 1. The van der Waals surface area contributed by atoms with Gasteiger partial charge in [0, 0.05) is 5.69 Å². The standard InChI is InChI=1S/C15H12N4O3S/c1-11-16-17-15(18(11)12-5-3-2-4-6-12)23-10-9-13-7-8-14(22-13)19(20)21/h2-10H,1H3/b10-9+. The van der Waals surface area contributed by atoms with Gasteiger partial charge in [0.1, 0.15) is 16.5 Å². The van der Waals surface area contributed by atoms with Gasteiger partial charge in [-0.1, -0.05) is 30.0 Å². The van der Waals surface area contributed by atoms with Gasteiger partial charge in [-0.15, -0.1) is 10.2 Å². The average molecular weight is 328 g/mol. The lowest BCUT2D eigenvalue weighted by molar-refractivity contribution is -0.402. The number of benzene rings is 1. The highest BCUT2D eigenvalue weighted by Crippen LogP contribution is 2.24. The molecule has 0 radical (unpaired) electrons. The molecule has 3 rings (SSSR count). The van der Waals surface area contributed by atoms with E-state index in [1.54, 1.807) is 17.6 Å². The highest BCUT2D eigenvalue weighted by atomic mass is 32.2. The Kier molecular flexibility index (Phi) is 4.24. The molecule has 0 spiro atoms. The van der Waals surface area contributed by atoms with Crippen LogP contribution in [0.15, 0.2) is 57.4 Å². The van der Waals surface area contributed by atoms with E-state index >= 15 is 0 Å². The van der Waals surface area contributed by atoms with Gasteiger partial charge in [-0.2, -0.15) is 0 Å². The van der Waals surface area contributed by atoms with E-state index in [4.69, 9.17) is 4.42 Å². The van der Waals surface area contributed by atoms with Crippen molar-refractivity contribution in [2.75, 3.05) is 0 Å². The van der Waals surface area contributed by atoms with Gasteiger partial charge in [0.2, 0.25) is 0 Å². The summed E-state index contributed by atoms with van der Waals surface area (Å²) in [4.78, 5) is 10.0. The Morgan fingerprint density at radius 2 is 2.00 bits per heavy atom. The zero-order valence-electron chi connectivity index (χ0n) is 12.1. The van der Waals surface area contributed by atoms with E-state index in [0.717, 1.165) is 11.5 Å². The fourth-order valence-electron chi connectivity index (χ4n) is 1.99. The van der Waals surface area contributed by atoms with Crippen LogP contribution in [0.4, 0.5) is 5.88 Å². The molecule has 0 aliphatic heterocycles. The zero-order chi connectivity index (χ0) is 16.2. The van der Waals surface area contributed by atoms with Crippen LogP contribution in [0.1, 0.15) is 11.6 Å². The molecular formula is C15H12N4O3S. The highest BCUT2D eigenvalue weighted by Gasteiger charge is 2.11. The minimum atomic E-state index is -0.570. The van der Waals surface area contributed by atoms with Gasteiger partial charge in [0.05, 0.1) is 6.07 Å². The van der Waals surface area contributed by atoms with Crippen LogP contribution in [-0.2, 0) is 0 Å². The zero-order valence-corrected chi connectivity index (χ0v) is 12.9. The van der Waals surface area contributed by atoms with E-state index < -0.39 is 4.92 Å². The lowest BCUT2D eigenvalue weighted by atomic mass is 10.3. The maximum Gasteiger partial charge on any atom is 0.433 e. The third-order valence-corrected chi connectivity index (χ3v) is 3.76.